The highest BCUT2D eigenvalue weighted by atomic mass is 16.5. The zero-order valence-corrected chi connectivity index (χ0v) is 10.6. The Morgan fingerprint density at radius 1 is 1.40 bits per heavy atom. The molecule has 0 aromatic heterocycles. The minimum Gasteiger partial charge on any atom is -0.372 e. The lowest BCUT2D eigenvalue weighted by atomic mass is 10.0. The topological polar surface area (TPSA) is 35.2 Å². The summed E-state index contributed by atoms with van der Waals surface area (Å²) in [6.45, 7) is 6.58. The fourth-order valence-corrected chi connectivity index (χ4v) is 2.40. The molecule has 0 spiro atoms. The maximum absolute atomic E-state index is 5.98. The molecule has 0 bridgehead atoms. The van der Waals surface area contributed by atoms with Gasteiger partial charge in [0, 0.05) is 6.04 Å². The summed E-state index contributed by atoms with van der Waals surface area (Å²) >= 11 is 0. The van der Waals surface area contributed by atoms with Crippen molar-refractivity contribution in [2.24, 2.45) is 5.73 Å². The Balaban J connectivity index is 2.06. The number of rotatable bonds is 6. The molecule has 1 aliphatic heterocycles. The molecule has 0 saturated carbocycles. The van der Waals surface area contributed by atoms with Gasteiger partial charge in [-0.3, -0.25) is 0 Å². The maximum Gasteiger partial charge on any atom is 0.0631 e. The number of ether oxygens (including phenoxy) is 1. The van der Waals surface area contributed by atoms with Crippen LogP contribution in [-0.4, -0.2) is 17.7 Å². The van der Waals surface area contributed by atoms with Crippen LogP contribution in [0.3, 0.4) is 0 Å². The first-order valence-corrected chi connectivity index (χ1v) is 6.47. The van der Waals surface area contributed by atoms with Crippen LogP contribution in [0.1, 0.15) is 65.7 Å². The molecule has 2 N–H and O–H groups in total. The highest BCUT2D eigenvalue weighted by Crippen LogP contribution is 2.31. The third-order valence-electron chi connectivity index (χ3n) is 3.31. The van der Waals surface area contributed by atoms with Gasteiger partial charge in [0.1, 0.15) is 0 Å². The predicted molar refractivity (Wildman–Crippen MR) is 64.9 cm³/mol. The molecule has 1 aliphatic rings. The van der Waals surface area contributed by atoms with Gasteiger partial charge in [-0.05, 0) is 52.4 Å². The SMILES string of the molecule is CCCC(N)CCCC1CCC(C)(C)O1. The van der Waals surface area contributed by atoms with Crippen molar-refractivity contribution in [1.29, 1.82) is 0 Å². The van der Waals surface area contributed by atoms with Crippen molar-refractivity contribution in [3.63, 3.8) is 0 Å². The van der Waals surface area contributed by atoms with Crippen LogP contribution in [0.5, 0.6) is 0 Å². The van der Waals surface area contributed by atoms with Gasteiger partial charge in [-0.1, -0.05) is 13.3 Å². The van der Waals surface area contributed by atoms with Gasteiger partial charge in [0.05, 0.1) is 11.7 Å². The highest BCUT2D eigenvalue weighted by Gasteiger charge is 2.30. The van der Waals surface area contributed by atoms with Crippen LogP contribution < -0.4 is 5.73 Å². The summed E-state index contributed by atoms with van der Waals surface area (Å²) in [4.78, 5) is 0. The molecule has 2 nitrogen and oxygen atoms in total. The first-order chi connectivity index (χ1) is 7.03. The summed E-state index contributed by atoms with van der Waals surface area (Å²) in [5, 5.41) is 0. The van der Waals surface area contributed by atoms with Crippen molar-refractivity contribution >= 4 is 0 Å². The summed E-state index contributed by atoms with van der Waals surface area (Å²) in [5.41, 5.74) is 6.10. The molecule has 1 rings (SSSR count). The van der Waals surface area contributed by atoms with E-state index in [2.05, 4.69) is 20.8 Å². The van der Waals surface area contributed by atoms with E-state index in [0.29, 0.717) is 12.1 Å². The molecule has 1 fully saturated rings. The summed E-state index contributed by atoms with van der Waals surface area (Å²) in [5.74, 6) is 0. The largest absolute Gasteiger partial charge is 0.372 e. The fourth-order valence-electron chi connectivity index (χ4n) is 2.40. The third-order valence-corrected chi connectivity index (χ3v) is 3.31. The quantitative estimate of drug-likeness (QED) is 0.735. The lowest BCUT2D eigenvalue weighted by molar-refractivity contribution is -0.0192. The van der Waals surface area contributed by atoms with Gasteiger partial charge >= 0.3 is 0 Å². The smallest absolute Gasteiger partial charge is 0.0631 e. The van der Waals surface area contributed by atoms with E-state index in [-0.39, 0.29) is 5.60 Å². The maximum atomic E-state index is 5.98. The molecular weight excluding hydrogens is 186 g/mol. The first kappa shape index (κ1) is 13.0. The van der Waals surface area contributed by atoms with Gasteiger partial charge in [0.25, 0.3) is 0 Å². The van der Waals surface area contributed by atoms with Crippen molar-refractivity contribution < 1.29 is 4.74 Å². The Morgan fingerprint density at radius 2 is 2.13 bits per heavy atom. The molecule has 2 unspecified atom stereocenters. The van der Waals surface area contributed by atoms with E-state index in [1.165, 1.54) is 32.1 Å². The van der Waals surface area contributed by atoms with Crippen molar-refractivity contribution in [3.8, 4) is 0 Å². The first-order valence-electron chi connectivity index (χ1n) is 6.47. The van der Waals surface area contributed by atoms with Gasteiger partial charge in [-0.25, -0.2) is 0 Å². The molecule has 0 amide bonds. The minimum absolute atomic E-state index is 0.121. The molecule has 1 heterocycles. The second-order valence-electron chi connectivity index (χ2n) is 5.52. The molecule has 2 atom stereocenters. The van der Waals surface area contributed by atoms with Crippen LogP contribution in [0.2, 0.25) is 0 Å². The van der Waals surface area contributed by atoms with E-state index in [1.807, 2.05) is 0 Å². The number of hydrogen-bond donors (Lipinski definition) is 1. The van der Waals surface area contributed by atoms with Crippen molar-refractivity contribution in [1.82, 2.24) is 0 Å². The molecule has 0 radical (unpaired) electrons. The number of nitrogens with two attached hydrogens (primary N) is 1. The minimum atomic E-state index is 0.121. The fraction of sp³-hybridized carbons (Fsp3) is 1.00. The van der Waals surface area contributed by atoms with Crippen molar-refractivity contribution in [3.05, 3.63) is 0 Å². The molecule has 2 heteroatoms. The van der Waals surface area contributed by atoms with Crippen LogP contribution in [0.25, 0.3) is 0 Å². The predicted octanol–water partition coefficient (Wildman–Crippen LogP) is 3.24. The second-order valence-corrected chi connectivity index (χ2v) is 5.52. The lowest BCUT2D eigenvalue weighted by Crippen LogP contribution is -2.22. The van der Waals surface area contributed by atoms with Crippen LogP contribution >= 0.6 is 0 Å². The Bertz CT molecular complexity index is 179. The van der Waals surface area contributed by atoms with E-state index in [0.717, 1.165) is 12.8 Å². The standard InChI is InChI=1S/C13H27NO/c1-4-6-11(14)7-5-8-12-9-10-13(2,3)15-12/h11-12H,4-10,14H2,1-3H3. The van der Waals surface area contributed by atoms with E-state index >= 15 is 0 Å². The molecule has 0 aliphatic carbocycles. The average molecular weight is 213 g/mol. The van der Waals surface area contributed by atoms with Crippen LogP contribution in [0.4, 0.5) is 0 Å². The molecule has 1 saturated heterocycles. The van der Waals surface area contributed by atoms with E-state index in [1.54, 1.807) is 0 Å². The zero-order valence-electron chi connectivity index (χ0n) is 10.6. The van der Waals surface area contributed by atoms with E-state index in [4.69, 9.17) is 10.5 Å². The van der Waals surface area contributed by atoms with Gasteiger partial charge in [-0.2, -0.15) is 0 Å². The van der Waals surface area contributed by atoms with E-state index in [9.17, 15) is 0 Å². The van der Waals surface area contributed by atoms with Gasteiger partial charge < -0.3 is 10.5 Å². The van der Waals surface area contributed by atoms with Crippen molar-refractivity contribution in [2.45, 2.75) is 83.5 Å². The molecule has 15 heavy (non-hydrogen) atoms. The summed E-state index contributed by atoms with van der Waals surface area (Å²) in [7, 11) is 0. The summed E-state index contributed by atoms with van der Waals surface area (Å²) < 4.78 is 5.95. The zero-order chi connectivity index (χ0) is 11.3. The monoisotopic (exact) mass is 213 g/mol. The molecule has 0 aromatic rings. The van der Waals surface area contributed by atoms with E-state index < -0.39 is 0 Å². The number of hydrogen-bond acceptors (Lipinski definition) is 2. The molecule has 90 valence electrons. The van der Waals surface area contributed by atoms with Gasteiger partial charge in [0.15, 0.2) is 0 Å². The van der Waals surface area contributed by atoms with Crippen LogP contribution in [0, 0.1) is 0 Å². The Labute approximate surface area is 94.6 Å². The Hall–Kier alpha value is -0.0800. The average Bonchev–Trinajstić information content (AvgIpc) is 2.46. The van der Waals surface area contributed by atoms with Crippen LogP contribution in [0.15, 0.2) is 0 Å². The highest BCUT2D eigenvalue weighted by molar-refractivity contribution is 4.80. The Kier molecular flexibility index (Phi) is 5.07. The molecule has 0 aromatic carbocycles. The lowest BCUT2D eigenvalue weighted by Gasteiger charge is -2.19. The second kappa shape index (κ2) is 5.86. The summed E-state index contributed by atoms with van der Waals surface area (Å²) in [6.07, 6.45) is 8.88. The molecular formula is C13H27NO. The summed E-state index contributed by atoms with van der Waals surface area (Å²) in [6, 6.07) is 0.407. The van der Waals surface area contributed by atoms with Gasteiger partial charge in [0.2, 0.25) is 0 Å². The van der Waals surface area contributed by atoms with Crippen molar-refractivity contribution in [2.75, 3.05) is 0 Å². The normalized spacial score (nSPS) is 26.8. The third kappa shape index (κ3) is 4.98. The Morgan fingerprint density at radius 3 is 2.67 bits per heavy atom. The van der Waals surface area contributed by atoms with Crippen LogP contribution in [-0.2, 0) is 4.74 Å². The van der Waals surface area contributed by atoms with Gasteiger partial charge in [-0.15, -0.1) is 0 Å².